The Morgan fingerprint density at radius 2 is 1.89 bits per heavy atom. The van der Waals surface area contributed by atoms with Gasteiger partial charge < -0.3 is 0 Å². The molecule has 0 bridgehead atoms. The molecule has 2 aromatic rings. The van der Waals surface area contributed by atoms with Gasteiger partial charge in [-0.05, 0) is 41.8 Å². The largest absolute Gasteiger partial charge is 0.271 e. The van der Waals surface area contributed by atoms with Gasteiger partial charge in [0.25, 0.3) is 0 Å². The van der Waals surface area contributed by atoms with Crippen LogP contribution in [-0.2, 0) is 6.42 Å². The van der Waals surface area contributed by atoms with E-state index in [1.54, 1.807) is 0 Å². The highest BCUT2D eigenvalue weighted by Crippen LogP contribution is 2.21. The van der Waals surface area contributed by atoms with Crippen LogP contribution in [0.4, 0.5) is 0 Å². The van der Waals surface area contributed by atoms with Gasteiger partial charge in [-0.2, -0.15) is 0 Å². The summed E-state index contributed by atoms with van der Waals surface area (Å²) in [7, 11) is 0. The van der Waals surface area contributed by atoms with E-state index in [0.29, 0.717) is 0 Å². The van der Waals surface area contributed by atoms with Gasteiger partial charge in [-0.15, -0.1) is 0 Å². The van der Waals surface area contributed by atoms with E-state index in [1.165, 1.54) is 0 Å². The van der Waals surface area contributed by atoms with Crippen LogP contribution >= 0.6 is 27.5 Å². The molecule has 2 aromatic carbocycles. The molecule has 94 valence electrons. The molecule has 0 saturated carbocycles. The SMILES string of the molecule is NNC(Cc1cccc(Cl)c1)c1ccc(Br)cc1. The van der Waals surface area contributed by atoms with E-state index in [1.807, 2.05) is 30.3 Å². The highest BCUT2D eigenvalue weighted by atomic mass is 79.9. The summed E-state index contributed by atoms with van der Waals surface area (Å²) in [5.74, 6) is 5.63. The molecule has 0 aromatic heterocycles. The quantitative estimate of drug-likeness (QED) is 0.662. The van der Waals surface area contributed by atoms with Crippen LogP contribution < -0.4 is 11.3 Å². The van der Waals surface area contributed by atoms with E-state index in [2.05, 4.69) is 39.6 Å². The van der Waals surface area contributed by atoms with Gasteiger partial charge in [-0.25, -0.2) is 0 Å². The molecule has 0 spiro atoms. The number of hydrogen-bond acceptors (Lipinski definition) is 2. The lowest BCUT2D eigenvalue weighted by Gasteiger charge is -2.16. The zero-order valence-electron chi connectivity index (χ0n) is 9.74. The monoisotopic (exact) mass is 324 g/mol. The summed E-state index contributed by atoms with van der Waals surface area (Å²) in [6.45, 7) is 0. The maximum atomic E-state index is 5.98. The average Bonchev–Trinajstić information content (AvgIpc) is 2.37. The Kier molecular flexibility index (Phi) is 4.78. The molecule has 0 fully saturated rings. The second-order valence-corrected chi connectivity index (χ2v) is 5.46. The van der Waals surface area contributed by atoms with Crippen molar-refractivity contribution in [1.29, 1.82) is 0 Å². The molecule has 0 aliphatic rings. The zero-order chi connectivity index (χ0) is 13.0. The van der Waals surface area contributed by atoms with Crippen LogP contribution in [0, 0.1) is 0 Å². The van der Waals surface area contributed by atoms with Crippen molar-refractivity contribution in [3.8, 4) is 0 Å². The summed E-state index contributed by atoms with van der Waals surface area (Å²) in [5, 5.41) is 0.749. The van der Waals surface area contributed by atoms with E-state index in [4.69, 9.17) is 17.4 Å². The first-order chi connectivity index (χ1) is 8.69. The lowest BCUT2D eigenvalue weighted by molar-refractivity contribution is 0.552. The van der Waals surface area contributed by atoms with Gasteiger partial charge in [-0.3, -0.25) is 11.3 Å². The summed E-state index contributed by atoms with van der Waals surface area (Å²) in [5.41, 5.74) is 5.16. The third-order valence-electron chi connectivity index (χ3n) is 2.80. The summed E-state index contributed by atoms with van der Waals surface area (Å²) in [6, 6.07) is 16.0. The van der Waals surface area contributed by atoms with Gasteiger partial charge in [0.2, 0.25) is 0 Å². The van der Waals surface area contributed by atoms with Crippen LogP contribution in [0.2, 0.25) is 5.02 Å². The van der Waals surface area contributed by atoms with Crippen LogP contribution in [0.3, 0.4) is 0 Å². The van der Waals surface area contributed by atoms with Gasteiger partial charge in [-0.1, -0.05) is 51.8 Å². The molecule has 2 nitrogen and oxygen atoms in total. The first-order valence-electron chi connectivity index (χ1n) is 5.65. The Balaban J connectivity index is 2.17. The molecule has 1 unspecified atom stereocenters. The predicted molar refractivity (Wildman–Crippen MR) is 79.4 cm³/mol. The Labute approximate surface area is 120 Å². The minimum Gasteiger partial charge on any atom is -0.271 e. The summed E-state index contributed by atoms with van der Waals surface area (Å²) >= 11 is 9.40. The van der Waals surface area contributed by atoms with Gasteiger partial charge in [0, 0.05) is 15.5 Å². The zero-order valence-corrected chi connectivity index (χ0v) is 12.1. The second kappa shape index (κ2) is 6.34. The molecule has 0 aliphatic heterocycles. The average molecular weight is 326 g/mol. The molecular formula is C14H14BrClN2. The van der Waals surface area contributed by atoms with Gasteiger partial charge in [0.1, 0.15) is 0 Å². The lowest BCUT2D eigenvalue weighted by Crippen LogP contribution is -2.29. The second-order valence-electron chi connectivity index (χ2n) is 4.10. The van der Waals surface area contributed by atoms with Crippen molar-refractivity contribution < 1.29 is 0 Å². The van der Waals surface area contributed by atoms with Gasteiger partial charge in [0.15, 0.2) is 0 Å². The fourth-order valence-electron chi connectivity index (χ4n) is 1.87. The van der Waals surface area contributed by atoms with Gasteiger partial charge >= 0.3 is 0 Å². The number of rotatable bonds is 4. The molecular weight excluding hydrogens is 312 g/mol. The van der Waals surface area contributed by atoms with Crippen molar-refractivity contribution in [2.24, 2.45) is 5.84 Å². The highest BCUT2D eigenvalue weighted by molar-refractivity contribution is 9.10. The fraction of sp³-hybridized carbons (Fsp3) is 0.143. The molecule has 0 aliphatic carbocycles. The maximum absolute atomic E-state index is 5.98. The van der Waals surface area contributed by atoms with Crippen molar-refractivity contribution in [2.45, 2.75) is 12.5 Å². The third kappa shape index (κ3) is 3.56. The van der Waals surface area contributed by atoms with Crippen LogP contribution in [0.1, 0.15) is 17.2 Å². The van der Waals surface area contributed by atoms with Crippen LogP contribution in [0.15, 0.2) is 53.0 Å². The van der Waals surface area contributed by atoms with Crippen molar-refractivity contribution >= 4 is 27.5 Å². The Bertz CT molecular complexity index is 513. The molecule has 0 saturated heterocycles. The molecule has 18 heavy (non-hydrogen) atoms. The molecule has 0 amide bonds. The number of benzene rings is 2. The van der Waals surface area contributed by atoms with E-state index >= 15 is 0 Å². The maximum Gasteiger partial charge on any atom is 0.0500 e. The first-order valence-corrected chi connectivity index (χ1v) is 6.82. The predicted octanol–water partition coefficient (Wildman–Crippen LogP) is 3.85. The van der Waals surface area contributed by atoms with Crippen LogP contribution in [0.5, 0.6) is 0 Å². The fourth-order valence-corrected chi connectivity index (χ4v) is 2.34. The highest BCUT2D eigenvalue weighted by Gasteiger charge is 2.10. The number of hydrogen-bond donors (Lipinski definition) is 2. The third-order valence-corrected chi connectivity index (χ3v) is 3.57. The summed E-state index contributed by atoms with van der Waals surface area (Å²) < 4.78 is 1.06. The number of nitrogens with one attached hydrogen (secondary N) is 1. The number of hydrazine groups is 1. The van der Waals surface area contributed by atoms with E-state index in [0.717, 1.165) is 27.0 Å². The molecule has 0 heterocycles. The van der Waals surface area contributed by atoms with E-state index < -0.39 is 0 Å². The van der Waals surface area contributed by atoms with Crippen LogP contribution in [0.25, 0.3) is 0 Å². The number of halogens is 2. The standard InChI is InChI=1S/C14H14BrClN2/c15-12-6-4-11(5-7-12)14(18-17)9-10-2-1-3-13(16)8-10/h1-8,14,18H,9,17H2. The van der Waals surface area contributed by atoms with Crippen molar-refractivity contribution in [1.82, 2.24) is 5.43 Å². The Morgan fingerprint density at radius 1 is 1.17 bits per heavy atom. The van der Waals surface area contributed by atoms with Crippen molar-refractivity contribution in [2.75, 3.05) is 0 Å². The molecule has 3 N–H and O–H groups in total. The molecule has 4 heteroatoms. The normalized spacial score (nSPS) is 12.4. The van der Waals surface area contributed by atoms with Gasteiger partial charge in [0.05, 0.1) is 0 Å². The number of nitrogens with two attached hydrogens (primary N) is 1. The summed E-state index contributed by atoms with van der Waals surface area (Å²) in [6.07, 6.45) is 0.804. The Morgan fingerprint density at radius 3 is 2.50 bits per heavy atom. The van der Waals surface area contributed by atoms with E-state index in [9.17, 15) is 0 Å². The van der Waals surface area contributed by atoms with Crippen molar-refractivity contribution in [3.63, 3.8) is 0 Å². The lowest BCUT2D eigenvalue weighted by atomic mass is 9.99. The summed E-state index contributed by atoms with van der Waals surface area (Å²) in [4.78, 5) is 0. The van der Waals surface area contributed by atoms with Crippen LogP contribution in [-0.4, -0.2) is 0 Å². The smallest absolute Gasteiger partial charge is 0.0500 e. The Hall–Kier alpha value is -0.870. The van der Waals surface area contributed by atoms with E-state index in [-0.39, 0.29) is 6.04 Å². The van der Waals surface area contributed by atoms with Crippen molar-refractivity contribution in [3.05, 3.63) is 69.2 Å². The molecule has 0 radical (unpaired) electrons. The topological polar surface area (TPSA) is 38.0 Å². The minimum absolute atomic E-state index is 0.0802. The molecule has 2 rings (SSSR count). The minimum atomic E-state index is 0.0802. The first kappa shape index (κ1) is 13.6. The molecule has 1 atom stereocenters.